The zero-order valence-electron chi connectivity index (χ0n) is 12.3. The summed E-state index contributed by atoms with van der Waals surface area (Å²) in [6.45, 7) is 0.560. The Morgan fingerprint density at radius 2 is 1.90 bits per heavy atom. The molecule has 112 valence electrons. The standard InChI is InChI=1S/C16H18Cl2N2O/c1-20(2)15-8-7-11(17)9-14(15)19-10-12-13(18)5-4-6-16(12)21-3/h4-9,19H,10H2,1-3H3. The summed E-state index contributed by atoms with van der Waals surface area (Å²) in [6.07, 6.45) is 0. The van der Waals surface area contributed by atoms with Gasteiger partial charge in [0.25, 0.3) is 0 Å². The third kappa shape index (κ3) is 3.74. The SMILES string of the molecule is COc1cccc(Cl)c1CNc1cc(Cl)ccc1N(C)C. The molecule has 0 aliphatic carbocycles. The fourth-order valence-electron chi connectivity index (χ4n) is 2.13. The molecule has 0 spiro atoms. The Bertz CT molecular complexity index is 630. The van der Waals surface area contributed by atoms with Crippen LogP contribution in [0.15, 0.2) is 36.4 Å². The lowest BCUT2D eigenvalue weighted by Crippen LogP contribution is -2.12. The molecule has 0 unspecified atom stereocenters. The minimum atomic E-state index is 0.560. The number of nitrogens with one attached hydrogen (secondary N) is 1. The quantitative estimate of drug-likeness (QED) is 0.864. The highest BCUT2D eigenvalue weighted by Crippen LogP contribution is 2.31. The van der Waals surface area contributed by atoms with E-state index in [4.69, 9.17) is 27.9 Å². The van der Waals surface area contributed by atoms with Crippen LogP contribution >= 0.6 is 23.2 Å². The van der Waals surface area contributed by atoms with Gasteiger partial charge >= 0.3 is 0 Å². The van der Waals surface area contributed by atoms with E-state index in [1.54, 1.807) is 7.11 Å². The fourth-order valence-corrected chi connectivity index (χ4v) is 2.53. The Labute approximate surface area is 135 Å². The lowest BCUT2D eigenvalue weighted by molar-refractivity contribution is 0.410. The number of hydrogen-bond acceptors (Lipinski definition) is 3. The maximum Gasteiger partial charge on any atom is 0.125 e. The van der Waals surface area contributed by atoms with E-state index in [0.717, 1.165) is 22.7 Å². The number of benzene rings is 2. The Morgan fingerprint density at radius 1 is 1.14 bits per heavy atom. The number of nitrogens with zero attached hydrogens (tertiary/aromatic N) is 1. The van der Waals surface area contributed by atoms with Crippen molar-refractivity contribution in [1.82, 2.24) is 0 Å². The van der Waals surface area contributed by atoms with E-state index in [1.165, 1.54) is 0 Å². The molecule has 0 heterocycles. The molecule has 2 aromatic carbocycles. The molecule has 0 bridgehead atoms. The average molecular weight is 325 g/mol. The molecule has 0 atom stereocenters. The predicted octanol–water partition coefficient (Wildman–Crippen LogP) is 4.68. The third-order valence-corrected chi connectivity index (χ3v) is 3.78. The molecule has 5 heteroatoms. The lowest BCUT2D eigenvalue weighted by atomic mass is 10.2. The summed E-state index contributed by atoms with van der Waals surface area (Å²) in [4.78, 5) is 2.03. The second-order valence-corrected chi connectivity index (χ2v) is 5.67. The van der Waals surface area contributed by atoms with Gasteiger partial charge in [0.05, 0.1) is 18.5 Å². The first kappa shape index (κ1) is 15.8. The van der Waals surface area contributed by atoms with Crippen LogP contribution in [0.1, 0.15) is 5.56 Å². The van der Waals surface area contributed by atoms with Gasteiger partial charge in [0.2, 0.25) is 0 Å². The maximum atomic E-state index is 6.25. The van der Waals surface area contributed by atoms with Crippen molar-refractivity contribution in [3.05, 3.63) is 52.0 Å². The van der Waals surface area contributed by atoms with Crippen molar-refractivity contribution in [2.24, 2.45) is 0 Å². The summed E-state index contributed by atoms with van der Waals surface area (Å²) in [6, 6.07) is 11.4. The maximum absolute atomic E-state index is 6.25. The Kier molecular flexibility index (Phi) is 5.21. The Balaban J connectivity index is 2.26. The van der Waals surface area contributed by atoms with E-state index in [0.29, 0.717) is 16.6 Å². The largest absolute Gasteiger partial charge is 0.496 e. The minimum absolute atomic E-state index is 0.560. The summed E-state index contributed by atoms with van der Waals surface area (Å²) in [7, 11) is 5.62. The molecule has 3 nitrogen and oxygen atoms in total. The first-order valence-electron chi connectivity index (χ1n) is 6.55. The van der Waals surface area contributed by atoms with Crippen molar-refractivity contribution in [2.75, 3.05) is 31.4 Å². The predicted molar refractivity (Wildman–Crippen MR) is 91.1 cm³/mol. The molecule has 0 radical (unpaired) electrons. The first-order valence-corrected chi connectivity index (χ1v) is 7.30. The van der Waals surface area contributed by atoms with Gasteiger partial charge in [-0.25, -0.2) is 0 Å². The minimum Gasteiger partial charge on any atom is -0.496 e. The van der Waals surface area contributed by atoms with Gasteiger partial charge in [0, 0.05) is 36.2 Å². The molecule has 0 saturated heterocycles. The molecule has 2 aromatic rings. The van der Waals surface area contributed by atoms with Gasteiger partial charge in [-0.1, -0.05) is 29.3 Å². The number of halogens is 2. The molecule has 2 rings (SSSR count). The van der Waals surface area contributed by atoms with Crippen LogP contribution < -0.4 is 15.0 Å². The molecule has 21 heavy (non-hydrogen) atoms. The van der Waals surface area contributed by atoms with Crippen LogP contribution in [0.4, 0.5) is 11.4 Å². The molecule has 0 aliphatic rings. The molecular formula is C16H18Cl2N2O. The second-order valence-electron chi connectivity index (χ2n) is 4.83. The van der Waals surface area contributed by atoms with Crippen LogP contribution in [0.5, 0.6) is 5.75 Å². The topological polar surface area (TPSA) is 24.5 Å². The molecule has 0 fully saturated rings. The molecule has 0 aliphatic heterocycles. The van der Waals surface area contributed by atoms with Gasteiger partial charge in [-0.3, -0.25) is 0 Å². The third-order valence-electron chi connectivity index (χ3n) is 3.19. The zero-order valence-corrected chi connectivity index (χ0v) is 13.8. The van der Waals surface area contributed by atoms with Gasteiger partial charge in [0.1, 0.15) is 5.75 Å². The molecule has 1 N–H and O–H groups in total. The van der Waals surface area contributed by atoms with E-state index in [1.807, 2.05) is 55.4 Å². The summed E-state index contributed by atoms with van der Waals surface area (Å²) in [5, 5.41) is 4.74. The van der Waals surface area contributed by atoms with Gasteiger partial charge in [-0.15, -0.1) is 0 Å². The smallest absolute Gasteiger partial charge is 0.125 e. The number of ether oxygens (including phenoxy) is 1. The van der Waals surface area contributed by atoms with E-state index in [2.05, 4.69) is 5.32 Å². The highest BCUT2D eigenvalue weighted by molar-refractivity contribution is 6.31. The number of hydrogen-bond donors (Lipinski definition) is 1. The number of anilines is 2. The number of methoxy groups -OCH3 is 1. The Morgan fingerprint density at radius 3 is 2.57 bits per heavy atom. The number of rotatable bonds is 5. The lowest BCUT2D eigenvalue weighted by Gasteiger charge is -2.19. The van der Waals surface area contributed by atoms with Gasteiger partial charge in [0.15, 0.2) is 0 Å². The van der Waals surface area contributed by atoms with Crippen molar-refractivity contribution in [1.29, 1.82) is 0 Å². The highest BCUT2D eigenvalue weighted by atomic mass is 35.5. The molecule has 0 aromatic heterocycles. The normalized spacial score (nSPS) is 10.3. The van der Waals surface area contributed by atoms with Crippen molar-refractivity contribution in [2.45, 2.75) is 6.54 Å². The van der Waals surface area contributed by atoms with Gasteiger partial charge < -0.3 is 15.0 Å². The molecular weight excluding hydrogens is 307 g/mol. The van der Waals surface area contributed by atoms with Crippen LogP contribution in [0, 0.1) is 0 Å². The average Bonchev–Trinajstić information content (AvgIpc) is 2.45. The molecule has 0 amide bonds. The molecule has 0 saturated carbocycles. The summed E-state index contributed by atoms with van der Waals surface area (Å²) in [5.41, 5.74) is 2.94. The highest BCUT2D eigenvalue weighted by Gasteiger charge is 2.10. The van der Waals surface area contributed by atoms with Gasteiger partial charge in [-0.2, -0.15) is 0 Å². The van der Waals surface area contributed by atoms with Crippen molar-refractivity contribution < 1.29 is 4.74 Å². The first-order chi connectivity index (χ1) is 10.0. The Hall–Kier alpha value is -1.58. The second kappa shape index (κ2) is 6.92. The van der Waals surface area contributed by atoms with E-state index < -0.39 is 0 Å². The van der Waals surface area contributed by atoms with Crippen LogP contribution in [0.2, 0.25) is 10.0 Å². The zero-order chi connectivity index (χ0) is 15.4. The van der Waals surface area contributed by atoms with Crippen LogP contribution in [0.3, 0.4) is 0 Å². The summed E-state index contributed by atoms with van der Waals surface area (Å²) < 4.78 is 5.36. The van der Waals surface area contributed by atoms with Crippen molar-refractivity contribution in [3.63, 3.8) is 0 Å². The van der Waals surface area contributed by atoms with E-state index in [-0.39, 0.29) is 0 Å². The fraction of sp³-hybridized carbons (Fsp3) is 0.250. The van der Waals surface area contributed by atoms with Crippen LogP contribution in [-0.2, 0) is 6.54 Å². The van der Waals surface area contributed by atoms with E-state index in [9.17, 15) is 0 Å². The van der Waals surface area contributed by atoms with Crippen LogP contribution in [0.25, 0.3) is 0 Å². The van der Waals surface area contributed by atoms with Crippen molar-refractivity contribution in [3.8, 4) is 5.75 Å². The van der Waals surface area contributed by atoms with E-state index >= 15 is 0 Å². The van der Waals surface area contributed by atoms with Gasteiger partial charge in [-0.05, 0) is 30.3 Å². The monoisotopic (exact) mass is 324 g/mol. The summed E-state index contributed by atoms with van der Waals surface area (Å²) >= 11 is 12.3. The van der Waals surface area contributed by atoms with Crippen LogP contribution in [-0.4, -0.2) is 21.2 Å². The van der Waals surface area contributed by atoms with Crippen molar-refractivity contribution >= 4 is 34.6 Å². The summed E-state index contributed by atoms with van der Waals surface area (Å²) in [5.74, 6) is 0.767.